The van der Waals surface area contributed by atoms with Crippen molar-refractivity contribution >= 4 is 17.8 Å². The molecule has 0 saturated carbocycles. The molecule has 176 valence electrons. The monoisotopic (exact) mass is 453 g/mol. The lowest BCUT2D eigenvalue weighted by Crippen LogP contribution is -2.52. The summed E-state index contributed by atoms with van der Waals surface area (Å²) in [6, 6.07) is 2.58. The van der Waals surface area contributed by atoms with Gasteiger partial charge in [-0.25, -0.2) is 9.78 Å². The molecule has 4 heterocycles. The van der Waals surface area contributed by atoms with Crippen LogP contribution in [-0.4, -0.2) is 84.5 Å². The summed E-state index contributed by atoms with van der Waals surface area (Å²) in [7, 11) is 3.48. The maximum Gasteiger partial charge on any atom is 0.417 e. The van der Waals surface area contributed by atoms with E-state index < -0.39 is 17.2 Å². The topological polar surface area (TPSA) is 60.0 Å². The van der Waals surface area contributed by atoms with Crippen LogP contribution in [0, 0.1) is 5.41 Å². The zero-order valence-corrected chi connectivity index (χ0v) is 18.6. The van der Waals surface area contributed by atoms with Crippen LogP contribution in [0.3, 0.4) is 0 Å². The summed E-state index contributed by atoms with van der Waals surface area (Å²) in [6.45, 7) is 3.14. The van der Waals surface area contributed by atoms with Gasteiger partial charge in [0.1, 0.15) is 5.82 Å². The van der Waals surface area contributed by atoms with Crippen molar-refractivity contribution in [3.63, 3.8) is 0 Å². The summed E-state index contributed by atoms with van der Waals surface area (Å²) in [5.74, 6) is 0.630. The second-order valence-corrected chi connectivity index (χ2v) is 9.35. The van der Waals surface area contributed by atoms with Gasteiger partial charge in [-0.05, 0) is 44.2 Å². The van der Waals surface area contributed by atoms with Gasteiger partial charge < -0.3 is 19.6 Å². The van der Waals surface area contributed by atoms with E-state index in [4.69, 9.17) is 0 Å². The average Bonchev–Trinajstić information content (AvgIpc) is 3.08. The number of hydrogen-bond donors (Lipinski definition) is 0. The standard InChI is InChI=1S/C22H30F3N5O2/c1-27(2)20(32)28-11-6-17(7-12-28)30-13-9-21(19(30)31)8-3-10-29(15-21)18-5-4-16(14-26-18)22(23,24)25/h4-5,14,17H,3,6-13,15H2,1-2H3/t21-/m1/s1. The van der Waals surface area contributed by atoms with E-state index >= 15 is 0 Å². The number of hydrogen-bond acceptors (Lipinski definition) is 4. The Labute approximate surface area is 186 Å². The number of pyridine rings is 1. The highest BCUT2D eigenvalue weighted by Crippen LogP contribution is 2.43. The van der Waals surface area contributed by atoms with Gasteiger partial charge in [0.15, 0.2) is 0 Å². The minimum Gasteiger partial charge on any atom is -0.356 e. The first-order chi connectivity index (χ1) is 15.1. The van der Waals surface area contributed by atoms with Crippen molar-refractivity contribution in [3.8, 4) is 0 Å². The lowest BCUT2D eigenvalue weighted by molar-refractivity contribution is -0.139. The molecule has 3 fully saturated rings. The lowest BCUT2D eigenvalue weighted by Gasteiger charge is -2.41. The van der Waals surface area contributed by atoms with Crippen LogP contribution in [-0.2, 0) is 11.0 Å². The van der Waals surface area contributed by atoms with Crippen LogP contribution >= 0.6 is 0 Å². The molecule has 3 aliphatic rings. The summed E-state index contributed by atoms with van der Waals surface area (Å²) in [5.41, 5.74) is -1.27. The zero-order valence-electron chi connectivity index (χ0n) is 18.6. The summed E-state index contributed by atoms with van der Waals surface area (Å²) in [4.78, 5) is 37.1. The number of alkyl halides is 3. The van der Waals surface area contributed by atoms with Crippen LogP contribution < -0.4 is 4.90 Å². The first kappa shape index (κ1) is 22.7. The van der Waals surface area contributed by atoms with Crippen LogP contribution in [0.15, 0.2) is 18.3 Å². The van der Waals surface area contributed by atoms with Gasteiger partial charge in [-0.2, -0.15) is 13.2 Å². The van der Waals surface area contributed by atoms with Crippen molar-refractivity contribution in [2.75, 3.05) is 51.7 Å². The van der Waals surface area contributed by atoms with Crippen molar-refractivity contribution in [2.24, 2.45) is 5.41 Å². The molecule has 0 aliphatic carbocycles. The Balaban J connectivity index is 1.41. The van der Waals surface area contributed by atoms with Gasteiger partial charge in [-0.1, -0.05) is 0 Å². The second-order valence-electron chi connectivity index (χ2n) is 9.35. The molecule has 10 heteroatoms. The Morgan fingerprint density at radius 2 is 1.84 bits per heavy atom. The van der Waals surface area contributed by atoms with Crippen LogP contribution in [0.2, 0.25) is 0 Å². The van der Waals surface area contributed by atoms with Gasteiger partial charge in [0, 0.05) is 59.1 Å². The van der Waals surface area contributed by atoms with Crippen molar-refractivity contribution in [1.29, 1.82) is 0 Å². The third-order valence-electron chi connectivity index (χ3n) is 7.08. The van der Waals surface area contributed by atoms with Crippen molar-refractivity contribution in [1.82, 2.24) is 19.7 Å². The molecule has 0 radical (unpaired) electrons. The third kappa shape index (κ3) is 4.23. The van der Waals surface area contributed by atoms with Crippen LogP contribution in [0.5, 0.6) is 0 Å². The fourth-order valence-electron chi connectivity index (χ4n) is 5.29. The second kappa shape index (κ2) is 8.44. The molecule has 32 heavy (non-hydrogen) atoms. The molecule has 0 N–H and O–H groups in total. The van der Waals surface area contributed by atoms with E-state index in [-0.39, 0.29) is 18.0 Å². The maximum atomic E-state index is 13.5. The highest BCUT2D eigenvalue weighted by molar-refractivity contribution is 5.86. The van der Waals surface area contributed by atoms with Crippen molar-refractivity contribution in [2.45, 2.75) is 44.3 Å². The number of urea groups is 1. The number of nitrogens with zero attached hydrogens (tertiary/aromatic N) is 5. The minimum atomic E-state index is -4.41. The maximum absolute atomic E-state index is 13.5. The predicted octanol–water partition coefficient (Wildman–Crippen LogP) is 3.07. The van der Waals surface area contributed by atoms with Crippen LogP contribution in [0.1, 0.15) is 37.7 Å². The first-order valence-corrected chi connectivity index (χ1v) is 11.2. The average molecular weight is 454 g/mol. The molecule has 1 spiro atoms. The van der Waals surface area contributed by atoms with E-state index in [1.807, 2.05) is 14.7 Å². The fraction of sp³-hybridized carbons (Fsp3) is 0.682. The molecule has 0 bridgehead atoms. The summed E-state index contributed by atoms with van der Waals surface area (Å²) in [6.07, 6.45) is 0.331. The number of likely N-dealkylation sites (tertiary alicyclic amines) is 2. The summed E-state index contributed by atoms with van der Waals surface area (Å²) >= 11 is 0. The van der Waals surface area contributed by atoms with Gasteiger partial charge >= 0.3 is 12.2 Å². The smallest absolute Gasteiger partial charge is 0.356 e. The van der Waals surface area contributed by atoms with Crippen molar-refractivity contribution in [3.05, 3.63) is 23.9 Å². The molecule has 0 unspecified atom stereocenters. The van der Waals surface area contributed by atoms with Crippen LogP contribution in [0.4, 0.5) is 23.8 Å². The van der Waals surface area contributed by atoms with Gasteiger partial charge in [-0.15, -0.1) is 0 Å². The lowest BCUT2D eigenvalue weighted by atomic mass is 9.78. The Morgan fingerprint density at radius 1 is 1.12 bits per heavy atom. The summed E-state index contributed by atoms with van der Waals surface area (Å²) < 4.78 is 38.6. The van der Waals surface area contributed by atoms with Crippen molar-refractivity contribution < 1.29 is 22.8 Å². The summed E-state index contributed by atoms with van der Waals surface area (Å²) in [5, 5.41) is 0. The van der Waals surface area contributed by atoms with Gasteiger partial charge in [-0.3, -0.25) is 4.79 Å². The van der Waals surface area contributed by atoms with Gasteiger partial charge in [0.05, 0.1) is 11.0 Å². The Kier molecular flexibility index (Phi) is 5.98. The molecule has 7 nitrogen and oxygen atoms in total. The minimum absolute atomic E-state index is 0.000340. The zero-order chi connectivity index (χ0) is 23.1. The molecule has 4 rings (SSSR count). The molecular formula is C22H30F3N5O2. The van der Waals surface area contributed by atoms with E-state index in [2.05, 4.69) is 4.98 Å². The number of piperidine rings is 2. The Morgan fingerprint density at radius 3 is 2.44 bits per heavy atom. The number of halogens is 3. The van der Waals surface area contributed by atoms with E-state index in [9.17, 15) is 22.8 Å². The van der Waals surface area contributed by atoms with E-state index in [0.29, 0.717) is 38.5 Å². The van der Waals surface area contributed by atoms with Gasteiger partial charge in [0.2, 0.25) is 5.91 Å². The molecule has 0 aromatic carbocycles. The Bertz CT molecular complexity index is 852. The highest BCUT2D eigenvalue weighted by Gasteiger charge is 2.51. The largest absolute Gasteiger partial charge is 0.417 e. The van der Waals surface area contributed by atoms with Crippen LogP contribution in [0.25, 0.3) is 0 Å². The predicted molar refractivity (Wildman–Crippen MR) is 113 cm³/mol. The molecule has 3 aliphatic heterocycles. The molecule has 1 atom stereocenters. The van der Waals surface area contributed by atoms with E-state index in [1.54, 1.807) is 19.0 Å². The Hall–Kier alpha value is -2.52. The molecular weight excluding hydrogens is 423 g/mol. The molecule has 1 aromatic heterocycles. The quantitative estimate of drug-likeness (QED) is 0.691. The molecule has 3 saturated heterocycles. The molecule has 3 amide bonds. The third-order valence-corrected chi connectivity index (χ3v) is 7.08. The van der Waals surface area contributed by atoms with E-state index in [1.165, 1.54) is 6.07 Å². The normalized spacial score (nSPS) is 25.0. The number of aromatic nitrogens is 1. The van der Waals surface area contributed by atoms with E-state index in [0.717, 1.165) is 44.4 Å². The first-order valence-electron chi connectivity index (χ1n) is 11.2. The fourth-order valence-corrected chi connectivity index (χ4v) is 5.29. The number of carbonyl (C=O) groups is 2. The number of anilines is 1. The number of carbonyl (C=O) groups excluding carboxylic acids is 2. The molecule has 1 aromatic rings. The number of rotatable bonds is 2. The SMILES string of the molecule is CN(C)C(=O)N1CCC(N2CC[C@@]3(CCCN(c4ccc(C(F)(F)F)cn4)C3)C2=O)CC1. The van der Waals surface area contributed by atoms with Gasteiger partial charge in [0.25, 0.3) is 0 Å². The highest BCUT2D eigenvalue weighted by atomic mass is 19.4. The number of amides is 3.